The Bertz CT molecular complexity index is 1120. The summed E-state index contributed by atoms with van der Waals surface area (Å²) in [7, 11) is 0. The summed E-state index contributed by atoms with van der Waals surface area (Å²) in [6.45, 7) is 5.81. The van der Waals surface area contributed by atoms with Gasteiger partial charge in [0.25, 0.3) is 5.91 Å². The molecule has 0 bridgehead atoms. The summed E-state index contributed by atoms with van der Waals surface area (Å²) < 4.78 is 5.48. The first-order chi connectivity index (χ1) is 18.1. The summed E-state index contributed by atoms with van der Waals surface area (Å²) in [5.74, 6) is -2.49. The fraction of sp³-hybridized carbons (Fsp3) is 0.520. The molecule has 1 aromatic carbocycles. The Balaban J connectivity index is 0.000000342. The standard InChI is InChI=1S/C21H27ClN4O2.C4H6O6/c22-18-10-17(20-16(19(18)23)2-1-6-24-20)21(27)25-11-14-3-7-26(8-4-14)12-15-5-9-28-13-15;5-1(3(7)8)2(6)4(9)10/h1-2,6,10,14-15H,3-5,7-9,11-13,23H2,(H,25,27);1-2,5-6H,(H,7,8)(H,9,10). The van der Waals surface area contributed by atoms with Gasteiger partial charge >= 0.3 is 11.9 Å². The van der Waals surface area contributed by atoms with Gasteiger partial charge in [-0.25, -0.2) is 9.59 Å². The number of nitrogens with two attached hydrogens (primary N) is 1. The zero-order valence-electron chi connectivity index (χ0n) is 20.8. The Morgan fingerprint density at radius 3 is 2.37 bits per heavy atom. The third kappa shape index (κ3) is 7.74. The Morgan fingerprint density at radius 2 is 1.79 bits per heavy atom. The van der Waals surface area contributed by atoms with E-state index in [2.05, 4.69) is 15.2 Å². The molecule has 208 valence electrons. The van der Waals surface area contributed by atoms with Gasteiger partial charge in [-0.1, -0.05) is 11.6 Å². The highest BCUT2D eigenvalue weighted by Gasteiger charge is 2.29. The van der Waals surface area contributed by atoms with Crippen LogP contribution in [0, 0.1) is 11.8 Å². The maximum atomic E-state index is 12.8. The van der Waals surface area contributed by atoms with Gasteiger partial charge < -0.3 is 41.1 Å². The maximum Gasteiger partial charge on any atom is 0.335 e. The molecule has 1 amide bonds. The lowest BCUT2D eigenvalue weighted by Gasteiger charge is -2.33. The van der Waals surface area contributed by atoms with Crippen molar-refractivity contribution in [1.82, 2.24) is 15.2 Å². The van der Waals surface area contributed by atoms with Crippen molar-refractivity contribution < 1.29 is 39.5 Å². The van der Waals surface area contributed by atoms with Gasteiger partial charge in [0.2, 0.25) is 0 Å². The molecule has 3 atom stereocenters. The number of anilines is 1. The van der Waals surface area contributed by atoms with Crippen LogP contribution < -0.4 is 11.1 Å². The molecule has 12 nitrogen and oxygen atoms in total. The van der Waals surface area contributed by atoms with E-state index >= 15 is 0 Å². The van der Waals surface area contributed by atoms with E-state index in [0.29, 0.717) is 45.6 Å². The van der Waals surface area contributed by atoms with E-state index in [0.717, 1.165) is 45.7 Å². The van der Waals surface area contributed by atoms with E-state index in [-0.39, 0.29) is 5.91 Å². The van der Waals surface area contributed by atoms with Crippen molar-refractivity contribution in [1.29, 1.82) is 0 Å². The molecule has 0 aliphatic carbocycles. The number of carbonyl (C=O) groups is 3. The summed E-state index contributed by atoms with van der Waals surface area (Å²) in [6, 6.07) is 5.25. The van der Waals surface area contributed by atoms with E-state index in [1.54, 1.807) is 18.3 Å². The molecule has 0 radical (unpaired) electrons. The second-order valence-corrected chi connectivity index (χ2v) is 9.88. The molecule has 3 heterocycles. The maximum absolute atomic E-state index is 12.8. The zero-order chi connectivity index (χ0) is 27.8. The second kappa shape index (κ2) is 13.7. The lowest BCUT2D eigenvalue weighted by atomic mass is 9.95. The van der Waals surface area contributed by atoms with Gasteiger partial charge in [0.1, 0.15) is 0 Å². The Morgan fingerprint density at radius 1 is 1.13 bits per heavy atom. The van der Waals surface area contributed by atoms with Gasteiger partial charge in [0, 0.05) is 31.3 Å². The van der Waals surface area contributed by atoms with Crippen molar-refractivity contribution in [2.75, 3.05) is 45.1 Å². The number of likely N-dealkylation sites (tertiary alicyclic amines) is 1. The molecule has 2 aromatic rings. The number of nitrogen functional groups attached to an aromatic ring is 1. The molecule has 0 spiro atoms. The fourth-order valence-electron chi connectivity index (χ4n) is 4.48. The monoisotopic (exact) mass is 552 g/mol. The number of carbonyl (C=O) groups excluding carboxylic acids is 1. The van der Waals surface area contributed by atoms with Crippen LogP contribution in [0.1, 0.15) is 29.6 Å². The van der Waals surface area contributed by atoms with Gasteiger partial charge in [-0.2, -0.15) is 0 Å². The lowest BCUT2D eigenvalue weighted by molar-refractivity contribution is -0.165. The number of pyridine rings is 1. The first-order valence-electron chi connectivity index (χ1n) is 12.3. The van der Waals surface area contributed by atoms with E-state index in [9.17, 15) is 14.4 Å². The van der Waals surface area contributed by atoms with Gasteiger partial charge in [0.05, 0.1) is 28.4 Å². The van der Waals surface area contributed by atoms with Crippen molar-refractivity contribution in [3.05, 3.63) is 35.0 Å². The minimum atomic E-state index is -2.27. The topological polar surface area (TPSA) is 196 Å². The molecular formula is C25H33ClN4O8. The molecule has 2 saturated heterocycles. The van der Waals surface area contributed by atoms with Crippen LogP contribution in [0.5, 0.6) is 0 Å². The second-order valence-electron chi connectivity index (χ2n) is 9.47. The number of hydrogen-bond acceptors (Lipinski definition) is 9. The molecular weight excluding hydrogens is 520 g/mol. The van der Waals surface area contributed by atoms with Crippen LogP contribution in [-0.4, -0.2) is 99.8 Å². The first kappa shape index (κ1) is 29.5. The quantitative estimate of drug-likeness (QED) is 0.254. The molecule has 2 aliphatic heterocycles. The third-order valence-corrected chi connectivity index (χ3v) is 7.04. The number of benzene rings is 1. The van der Waals surface area contributed by atoms with Crippen molar-refractivity contribution in [3.8, 4) is 0 Å². The van der Waals surface area contributed by atoms with Crippen LogP contribution in [0.2, 0.25) is 5.02 Å². The van der Waals surface area contributed by atoms with Gasteiger partial charge in [0.15, 0.2) is 12.2 Å². The normalized spacial score (nSPS) is 19.8. The summed E-state index contributed by atoms with van der Waals surface area (Å²) in [6.07, 6.45) is 0.528. The van der Waals surface area contributed by atoms with E-state index in [1.807, 2.05) is 6.07 Å². The third-order valence-electron chi connectivity index (χ3n) is 6.73. The van der Waals surface area contributed by atoms with Crippen LogP contribution in [0.15, 0.2) is 24.4 Å². The van der Waals surface area contributed by atoms with Gasteiger partial charge in [-0.3, -0.25) is 9.78 Å². The summed E-state index contributed by atoms with van der Waals surface area (Å²) in [4.78, 5) is 39.2. The number of carboxylic acid groups (broad SMARTS) is 2. The van der Waals surface area contributed by atoms with Gasteiger partial charge in [-0.15, -0.1) is 0 Å². The number of hydrogen-bond donors (Lipinski definition) is 6. The summed E-state index contributed by atoms with van der Waals surface area (Å²) in [5.41, 5.74) is 7.57. The number of aliphatic hydroxyl groups is 2. The predicted molar refractivity (Wildman–Crippen MR) is 139 cm³/mol. The van der Waals surface area contributed by atoms with Crippen LogP contribution in [-0.2, 0) is 14.3 Å². The average molecular weight is 553 g/mol. The number of amides is 1. The zero-order valence-corrected chi connectivity index (χ0v) is 21.5. The minimum Gasteiger partial charge on any atom is -0.479 e. The number of fused-ring (bicyclic) bond motifs is 1. The molecule has 3 unspecified atom stereocenters. The average Bonchev–Trinajstić information content (AvgIpc) is 3.42. The number of ether oxygens (including phenoxy) is 1. The summed E-state index contributed by atoms with van der Waals surface area (Å²) >= 11 is 6.22. The van der Waals surface area contributed by atoms with Crippen molar-refractivity contribution in [2.24, 2.45) is 11.8 Å². The van der Waals surface area contributed by atoms with Crippen molar-refractivity contribution >= 4 is 46.0 Å². The van der Waals surface area contributed by atoms with E-state index in [4.69, 9.17) is 42.5 Å². The number of aliphatic hydroxyl groups excluding tert-OH is 2. The Kier molecular flexibility index (Phi) is 10.6. The molecule has 7 N–H and O–H groups in total. The number of aromatic nitrogens is 1. The first-order valence-corrected chi connectivity index (χ1v) is 12.7. The number of nitrogens with zero attached hydrogens (tertiary/aromatic N) is 2. The fourth-order valence-corrected chi connectivity index (χ4v) is 4.69. The van der Waals surface area contributed by atoms with E-state index < -0.39 is 24.1 Å². The molecule has 2 aliphatic rings. The molecule has 4 rings (SSSR count). The predicted octanol–water partition coefficient (Wildman–Crippen LogP) is 0.826. The Labute approximate surface area is 224 Å². The van der Waals surface area contributed by atoms with Crippen LogP contribution in [0.3, 0.4) is 0 Å². The van der Waals surface area contributed by atoms with Crippen LogP contribution in [0.4, 0.5) is 5.69 Å². The number of halogens is 1. The van der Waals surface area contributed by atoms with Crippen molar-refractivity contribution in [2.45, 2.75) is 31.5 Å². The largest absolute Gasteiger partial charge is 0.479 e. The molecule has 0 saturated carbocycles. The number of rotatable bonds is 8. The molecule has 13 heteroatoms. The number of carboxylic acids is 2. The number of piperidine rings is 1. The minimum absolute atomic E-state index is 0.142. The molecule has 2 fully saturated rings. The highest BCUT2D eigenvalue weighted by molar-refractivity contribution is 6.35. The smallest absolute Gasteiger partial charge is 0.335 e. The highest BCUT2D eigenvalue weighted by atomic mass is 35.5. The SMILES string of the molecule is Nc1c(Cl)cc(C(=O)NCC2CCN(CC3CCOC3)CC2)c2ncccc12.O=C(O)C(O)C(O)C(=O)O. The molecule has 1 aromatic heterocycles. The summed E-state index contributed by atoms with van der Waals surface area (Å²) in [5, 5.41) is 36.7. The number of aliphatic carboxylic acids is 2. The van der Waals surface area contributed by atoms with Crippen LogP contribution >= 0.6 is 11.6 Å². The highest BCUT2D eigenvalue weighted by Crippen LogP contribution is 2.30. The van der Waals surface area contributed by atoms with Crippen molar-refractivity contribution in [3.63, 3.8) is 0 Å². The van der Waals surface area contributed by atoms with E-state index in [1.165, 1.54) is 6.42 Å². The van der Waals surface area contributed by atoms with Crippen LogP contribution in [0.25, 0.3) is 10.9 Å². The molecule has 38 heavy (non-hydrogen) atoms. The Hall–Kier alpha value is -3.03. The number of nitrogens with one attached hydrogen (secondary N) is 1. The van der Waals surface area contributed by atoms with Gasteiger partial charge in [-0.05, 0) is 62.4 Å². The lowest BCUT2D eigenvalue weighted by Crippen LogP contribution is -2.40.